The number of halogens is 3. The number of benzene rings is 4. The van der Waals surface area contributed by atoms with Crippen molar-refractivity contribution in [1.29, 1.82) is 0 Å². The monoisotopic (exact) mass is 669 g/mol. The number of nitrogens with one attached hydrogen (secondary N) is 1. The molecule has 0 heterocycles. The summed E-state index contributed by atoms with van der Waals surface area (Å²) < 4.78 is 44.0. The fourth-order valence-electron chi connectivity index (χ4n) is 4.72. The maximum Gasteiger partial charge on any atom is 0.264 e. The molecular formula is C34H34Cl2FN3O4S. The minimum Gasteiger partial charge on any atom is -0.352 e. The number of carbonyl (C=O) groups excluding carboxylic acids is 2. The Morgan fingerprint density at radius 1 is 0.867 bits per heavy atom. The molecule has 0 saturated carbocycles. The van der Waals surface area contributed by atoms with E-state index in [1.807, 2.05) is 44.2 Å². The van der Waals surface area contributed by atoms with E-state index in [1.165, 1.54) is 53.4 Å². The van der Waals surface area contributed by atoms with Crippen LogP contribution in [-0.4, -0.2) is 43.8 Å². The Morgan fingerprint density at radius 2 is 1.49 bits per heavy atom. The molecule has 0 unspecified atom stereocenters. The smallest absolute Gasteiger partial charge is 0.264 e. The minimum absolute atomic E-state index is 0.0177. The number of sulfonamides is 1. The molecule has 0 radical (unpaired) electrons. The SMILES string of the molecule is CC[C@@H](C)NC(=O)[C@@H](Cc1ccccc1)N(Cc1ccccc1F)C(=O)CN(c1cccc(Cl)c1Cl)S(=O)(=O)c1ccccc1. The standard InChI is InChI=1S/C34H34Cl2FN3O4S/c1-3-24(2)38-34(42)31(21-25-13-6-4-7-14-25)39(22-26-15-10-11-19-29(26)37)32(41)23-40(30-20-12-18-28(35)33(30)36)45(43,44)27-16-8-5-9-17-27/h4-20,24,31H,3,21-23H2,1-2H3,(H,38,42)/t24-,31-/m1/s1. The molecule has 7 nitrogen and oxygen atoms in total. The topological polar surface area (TPSA) is 86.8 Å². The third-order valence-corrected chi connectivity index (χ3v) is 9.96. The summed E-state index contributed by atoms with van der Waals surface area (Å²) >= 11 is 12.8. The summed E-state index contributed by atoms with van der Waals surface area (Å²) in [4.78, 5) is 29.4. The van der Waals surface area contributed by atoms with Crippen LogP contribution in [0.1, 0.15) is 31.4 Å². The van der Waals surface area contributed by atoms with Gasteiger partial charge >= 0.3 is 0 Å². The van der Waals surface area contributed by atoms with Gasteiger partial charge in [-0.1, -0.05) is 103 Å². The van der Waals surface area contributed by atoms with Crippen molar-refractivity contribution in [3.63, 3.8) is 0 Å². The third kappa shape index (κ3) is 8.42. The highest BCUT2D eigenvalue weighted by Crippen LogP contribution is 2.35. The number of rotatable bonds is 13. The molecule has 11 heteroatoms. The molecule has 0 aliphatic heterocycles. The highest BCUT2D eigenvalue weighted by atomic mass is 35.5. The average molecular weight is 671 g/mol. The summed E-state index contributed by atoms with van der Waals surface area (Å²) in [5.74, 6) is -1.76. The minimum atomic E-state index is -4.36. The van der Waals surface area contributed by atoms with E-state index in [9.17, 15) is 18.0 Å². The number of amides is 2. The Kier molecular flexibility index (Phi) is 11.6. The van der Waals surface area contributed by atoms with Crippen molar-refractivity contribution >= 4 is 50.7 Å². The number of anilines is 1. The first-order valence-corrected chi connectivity index (χ1v) is 16.6. The number of hydrogen-bond acceptors (Lipinski definition) is 4. The van der Waals surface area contributed by atoms with E-state index in [-0.39, 0.29) is 45.2 Å². The summed E-state index contributed by atoms with van der Waals surface area (Å²) in [6, 6.07) is 25.8. The van der Waals surface area contributed by atoms with Crippen LogP contribution >= 0.6 is 23.2 Å². The van der Waals surface area contributed by atoms with E-state index in [2.05, 4.69) is 5.32 Å². The van der Waals surface area contributed by atoms with Gasteiger partial charge in [0, 0.05) is 24.6 Å². The van der Waals surface area contributed by atoms with Gasteiger partial charge in [0.05, 0.1) is 20.6 Å². The molecule has 2 atom stereocenters. The van der Waals surface area contributed by atoms with Gasteiger partial charge in [-0.2, -0.15) is 0 Å². The second kappa shape index (κ2) is 15.4. The summed E-state index contributed by atoms with van der Waals surface area (Å²) in [6.07, 6.45) is 0.744. The molecular weight excluding hydrogens is 636 g/mol. The first-order chi connectivity index (χ1) is 21.5. The van der Waals surface area contributed by atoms with Crippen molar-refractivity contribution in [2.45, 2.75) is 50.2 Å². The van der Waals surface area contributed by atoms with Crippen LogP contribution in [0.25, 0.3) is 0 Å². The van der Waals surface area contributed by atoms with E-state index in [4.69, 9.17) is 23.2 Å². The predicted molar refractivity (Wildman–Crippen MR) is 176 cm³/mol. The van der Waals surface area contributed by atoms with Gasteiger partial charge in [0.25, 0.3) is 10.0 Å². The van der Waals surface area contributed by atoms with E-state index in [0.717, 1.165) is 9.87 Å². The van der Waals surface area contributed by atoms with Crippen molar-refractivity contribution in [2.75, 3.05) is 10.8 Å². The van der Waals surface area contributed by atoms with Gasteiger partial charge in [0.1, 0.15) is 18.4 Å². The lowest BCUT2D eigenvalue weighted by Crippen LogP contribution is -2.54. The Bertz CT molecular complexity index is 1730. The van der Waals surface area contributed by atoms with Crippen LogP contribution in [0.5, 0.6) is 0 Å². The highest BCUT2D eigenvalue weighted by Gasteiger charge is 2.36. The van der Waals surface area contributed by atoms with E-state index >= 15 is 4.39 Å². The maximum atomic E-state index is 15.0. The van der Waals surface area contributed by atoms with Crippen LogP contribution in [0.4, 0.5) is 10.1 Å². The first kappa shape index (κ1) is 34.0. The highest BCUT2D eigenvalue weighted by molar-refractivity contribution is 7.92. The summed E-state index contributed by atoms with van der Waals surface area (Å²) in [5, 5.41) is 2.97. The lowest BCUT2D eigenvalue weighted by atomic mass is 10.0. The molecule has 0 aliphatic rings. The van der Waals surface area contributed by atoms with Gasteiger partial charge in [0.2, 0.25) is 11.8 Å². The van der Waals surface area contributed by atoms with Gasteiger partial charge < -0.3 is 10.2 Å². The molecule has 0 bridgehead atoms. The van der Waals surface area contributed by atoms with E-state index < -0.39 is 40.2 Å². The van der Waals surface area contributed by atoms with Crippen LogP contribution in [0.15, 0.2) is 108 Å². The normalized spacial score (nSPS) is 12.6. The van der Waals surface area contributed by atoms with Crippen molar-refractivity contribution in [1.82, 2.24) is 10.2 Å². The molecule has 4 aromatic rings. The van der Waals surface area contributed by atoms with Gasteiger partial charge in [-0.3, -0.25) is 13.9 Å². The maximum absolute atomic E-state index is 15.0. The van der Waals surface area contributed by atoms with Gasteiger partial charge in [-0.05, 0) is 49.2 Å². The lowest BCUT2D eigenvalue weighted by Gasteiger charge is -2.34. The largest absolute Gasteiger partial charge is 0.352 e. The molecule has 1 N–H and O–H groups in total. The summed E-state index contributed by atoms with van der Waals surface area (Å²) in [7, 11) is -4.36. The molecule has 4 aromatic carbocycles. The van der Waals surface area contributed by atoms with Crippen molar-refractivity contribution in [3.8, 4) is 0 Å². The molecule has 236 valence electrons. The van der Waals surface area contributed by atoms with Crippen molar-refractivity contribution in [3.05, 3.63) is 130 Å². The van der Waals surface area contributed by atoms with Crippen molar-refractivity contribution in [2.24, 2.45) is 0 Å². The Morgan fingerprint density at radius 3 is 2.13 bits per heavy atom. The predicted octanol–water partition coefficient (Wildman–Crippen LogP) is 6.88. The zero-order valence-corrected chi connectivity index (χ0v) is 27.2. The second-order valence-corrected chi connectivity index (χ2v) is 13.2. The molecule has 0 aromatic heterocycles. The van der Waals surface area contributed by atoms with E-state index in [1.54, 1.807) is 24.3 Å². The zero-order valence-electron chi connectivity index (χ0n) is 24.9. The van der Waals surface area contributed by atoms with Gasteiger partial charge in [-0.15, -0.1) is 0 Å². The second-order valence-electron chi connectivity index (χ2n) is 10.5. The Labute approximate surface area is 273 Å². The van der Waals surface area contributed by atoms with Gasteiger partial charge in [0.15, 0.2) is 0 Å². The molecule has 0 aliphatic carbocycles. The van der Waals surface area contributed by atoms with Crippen LogP contribution in [-0.2, 0) is 32.6 Å². The van der Waals surface area contributed by atoms with Crippen LogP contribution in [0.2, 0.25) is 10.0 Å². The molecule has 0 spiro atoms. The molecule has 4 rings (SSSR count). The molecule has 0 saturated heterocycles. The van der Waals surface area contributed by atoms with E-state index in [0.29, 0.717) is 6.42 Å². The molecule has 45 heavy (non-hydrogen) atoms. The number of carbonyl (C=O) groups is 2. The number of nitrogens with zero attached hydrogens (tertiary/aromatic N) is 2. The van der Waals surface area contributed by atoms with Crippen LogP contribution in [0.3, 0.4) is 0 Å². The van der Waals surface area contributed by atoms with Crippen LogP contribution < -0.4 is 9.62 Å². The Hall–Kier alpha value is -3.92. The Balaban J connectivity index is 1.84. The zero-order chi connectivity index (χ0) is 32.6. The molecule has 0 fully saturated rings. The van der Waals surface area contributed by atoms with Crippen LogP contribution in [0, 0.1) is 5.82 Å². The third-order valence-electron chi connectivity index (χ3n) is 7.38. The summed E-state index contributed by atoms with van der Waals surface area (Å²) in [5.41, 5.74) is 0.911. The quantitative estimate of drug-likeness (QED) is 0.168. The molecule has 2 amide bonds. The fourth-order valence-corrected chi connectivity index (χ4v) is 6.62. The van der Waals surface area contributed by atoms with Gasteiger partial charge in [-0.25, -0.2) is 12.8 Å². The fraction of sp³-hybridized carbons (Fsp3) is 0.235. The summed E-state index contributed by atoms with van der Waals surface area (Å²) in [6.45, 7) is 2.73. The average Bonchev–Trinajstić information content (AvgIpc) is 3.04. The van der Waals surface area contributed by atoms with Crippen molar-refractivity contribution < 1.29 is 22.4 Å². The lowest BCUT2D eigenvalue weighted by molar-refractivity contribution is -0.140. The first-order valence-electron chi connectivity index (χ1n) is 14.4. The number of hydrogen-bond donors (Lipinski definition) is 1.